The van der Waals surface area contributed by atoms with Crippen LogP contribution in [-0.4, -0.2) is 48.3 Å². The molecule has 0 radical (unpaired) electrons. The fraction of sp³-hybridized carbons (Fsp3) is 0.261. The summed E-state index contributed by atoms with van der Waals surface area (Å²) in [4.78, 5) is 40.5. The fourth-order valence-corrected chi connectivity index (χ4v) is 3.66. The van der Waals surface area contributed by atoms with Crippen molar-refractivity contribution in [1.29, 1.82) is 0 Å². The van der Waals surface area contributed by atoms with Crippen molar-refractivity contribution >= 4 is 28.8 Å². The van der Waals surface area contributed by atoms with Gasteiger partial charge in [-0.3, -0.25) is 14.5 Å². The van der Waals surface area contributed by atoms with Gasteiger partial charge in [-0.05, 0) is 36.8 Å². The normalized spacial score (nSPS) is 18.2. The second-order valence-corrected chi connectivity index (χ2v) is 7.81. The lowest BCUT2D eigenvalue weighted by atomic mass is 9.99. The van der Waals surface area contributed by atoms with E-state index in [0.29, 0.717) is 11.1 Å². The monoisotopic (exact) mass is 439 g/mol. The Bertz CT molecular complexity index is 1190. The maximum atomic E-state index is 13.9. The van der Waals surface area contributed by atoms with Gasteiger partial charge in [-0.1, -0.05) is 24.3 Å². The summed E-state index contributed by atoms with van der Waals surface area (Å²) >= 11 is 0. The molecule has 2 aromatic carbocycles. The smallest absolute Gasteiger partial charge is 0.325 e. The SMILES string of the molecule is COc1ccc(CN(C)C(=O)CN2C(=O)NC(C)(c3cc4ccccc4o3)C2=O)cc1F. The maximum Gasteiger partial charge on any atom is 0.325 e. The summed E-state index contributed by atoms with van der Waals surface area (Å²) in [5.74, 6) is -1.21. The van der Waals surface area contributed by atoms with Crippen LogP contribution in [0, 0.1) is 5.82 Å². The average Bonchev–Trinajstić information content (AvgIpc) is 3.29. The van der Waals surface area contributed by atoms with Crippen LogP contribution in [0.15, 0.2) is 52.9 Å². The largest absolute Gasteiger partial charge is 0.494 e. The number of fused-ring (bicyclic) bond motifs is 1. The molecule has 1 aliphatic rings. The van der Waals surface area contributed by atoms with Gasteiger partial charge in [-0.25, -0.2) is 9.18 Å². The number of imide groups is 1. The van der Waals surface area contributed by atoms with E-state index in [1.165, 1.54) is 31.2 Å². The first kappa shape index (κ1) is 21.4. The number of furan rings is 1. The van der Waals surface area contributed by atoms with Crippen LogP contribution >= 0.6 is 0 Å². The summed E-state index contributed by atoms with van der Waals surface area (Å²) in [6.07, 6.45) is 0. The third-order valence-corrected chi connectivity index (χ3v) is 5.55. The van der Waals surface area contributed by atoms with Crippen molar-refractivity contribution in [3.8, 4) is 5.75 Å². The highest BCUT2D eigenvalue weighted by atomic mass is 19.1. The second kappa shape index (κ2) is 7.99. The first-order valence-electron chi connectivity index (χ1n) is 9.92. The minimum atomic E-state index is -1.42. The van der Waals surface area contributed by atoms with E-state index in [4.69, 9.17) is 9.15 Å². The molecule has 32 heavy (non-hydrogen) atoms. The summed E-state index contributed by atoms with van der Waals surface area (Å²) in [6, 6.07) is 12.6. The van der Waals surface area contributed by atoms with E-state index in [2.05, 4.69) is 5.32 Å². The number of carbonyl (C=O) groups excluding carboxylic acids is 3. The number of methoxy groups -OCH3 is 1. The van der Waals surface area contributed by atoms with Crippen molar-refractivity contribution in [2.45, 2.75) is 19.0 Å². The molecule has 9 heteroatoms. The molecule has 2 heterocycles. The molecular formula is C23H22FN3O5. The number of likely N-dealkylation sites (N-methyl/N-ethyl adjacent to an activating group) is 1. The standard InChI is InChI=1S/C23H22FN3O5/c1-23(19-11-15-6-4-5-7-17(15)32-19)21(29)27(22(30)25-23)13-20(28)26(2)12-14-8-9-18(31-3)16(24)10-14/h4-11H,12-13H2,1-3H3,(H,25,30). The van der Waals surface area contributed by atoms with Gasteiger partial charge >= 0.3 is 6.03 Å². The van der Waals surface area contributed by atoms with E-state index in [0.717, 1.165) is 10.3 Å². The molecule has 1 aromatic heterocycles. The number of ether oxygens (including phenoxy) is 1. The number of amides is 4. The number of para-hydroxylation sites is 1. The molecule has 4 amide bonds. The topological polar surface area (TPSA) is 92.1 Å². The van der Waals surface area contributed by atoms with Gasteiger partial charge in [0.05, 0.1) is 7.11 Å². The predicted molar refractivity (Wildman–Crippen MR) is 113 cm³/mol. The second-order valence-electron chi connectivity index (χ2n) is 7.81. The van der Waals surface area contributed by atoms with Gasteiger partial charge in [-0.2, -0.15) is 0 Å². The lowest BCUT2D eigenvalue weighted by molar-refractivity contribution is -0.138. The Morgan fingerprint density at radius 1 is 1.22 bits per heavy atom. The van der Waals surface area contributed by atoms with Gasteiger partial charge in [0.25, 0.3) is 5.91 Å². The Kier molecular flexibility index (Phi) is 5.33. The van der Waals surface area contributed by atoms with Gasteiger partial charge in [0.1, 0.15) is 17.9 Å². The Balaban J connectivity index is 1.47. The third-order valence-electron chi connectivity index (χ3n) is 5.55. The number of nitrogens with one attached hydrogen (secondary N) is 1. The number of hydrogen-bond donors (Lipinski definition) is 1. The number of hydrogen-bond acceptors (Lipinski definition) is 5. The van der Waals surface area contributed by atoms with Crippen LogP contribution in [-0.2, 0) is 21.7 Å². The molecule has 166 valence electrons. The Labute approximate surface area is 183 Å². The van der Waals surface area contributed by atoms with Crippen LogP contribution in [0.25, 0.3) is 11.0 Å². The predicted octanol–water partition coefficient (Wildman–Crippen LogP) is 3.01. The third kappa shape index (κ3) is 3.66. The maximum absolute atomic E-state index is 13.9. The van der Waals surface area contributed by atoms with Crippen molar-refractivity contribution in [2.75, 3.05) is 20.7 Å². The summed E-state index contributed by atoms with van der Waals surface area (Å²) in [5.41, 5.74) is -0.288. The zero-order valence-electron chi connectivity index (χ0n) is 17.8. The van der Waals surface area contributed by atoms with Crippen LogP contribution < -0.4 is 10.1 Å². The molecule has 1 unspecified atom stereocenters. The van der Waals surface area contributed by atoms with Crippen LogP contribution in [0.3, 0.4) is 0 Å². The summed E-state index contributed by atoms with van der Waals surface area (Å²) in [5, 5.41) is 3.43. The molecular weight excluding hydrogens is 417 g/mol. The number of benzene rings is 2. The summed E-state index contributed by atoms with van der Waals surface area (Å²) < 4.78 is 24.6. The summed E-state index contributed by atoms with van der Waals surface area (Å²) in [6.45, 7) is 1.19. The number of halogens is 1. The minimum Gasteiger partial charge on any atom is -0.494 e. The van der Waals surface area contributed by atoms with E-state index in [9.17, 15) is 18.8 Å². The number of urea groups is 1. The van der Waals surface area contributed by atoms with Crippen molar-refractivity contribution in [3.63, 3.8) is 0 Å². The quantitative estimate of drug-likeness (QED) is 0.596. The number of rotatable bonds is 6. The Morgan fingerprint density at radius 2 is 1.97 bits per heavy atom. The minimum absolute atomic E-state index is 0.101. The van der Waals surface area contributed by atoms with E-state index >= 15 is 0 Å². The van der Waals surface area contributed by atoms with Gasteiger partial charge in [0, 0.05) is 19.0 Å². The zero-order valence-corrected chi connectivity index (χ0v) is 17.8. The lowest BCUT2D eigenvalue weighted by Gasteiger charge is -2.22. The molecule has 0 bridgehead atoms. The Morgan fingerprint density at radius 3 is 2.66 bits per heavy atom. The van der Waals surface area contributed by atoms with Crippen LogP contribution in [0.2, 0.25) is 0 Å². The number of carbonyl (C=O) groups is 3. The molecule has 0 saturated carbocycles. The van der Waals surface area contributed by atoms with E-state index in [1.54, 1.807) is 25.1 Å². The molecule has 1 aliphatic heterocycles. The average molecular weight is 439 g/mol. The van der Waals surface area contributed by atoms with Crippen molar-refractivity contribution < 1.29 is 27.9 Å². The highest BCUT2D eigenvalue weighted by molar-refractivity contribution is 6.09. The van der Waals surface area contributed by atoms with Gasteiger partial charge < -0.3 is 19.4 Å². The molecule has 0 spiro atoms. The van der Waals surface area contributed by atoms with Crippen LogP contribution in [0.5, 0.6) is 5.75 Å². The zero-order chi connectivity index (χ0) is 23.0. The number of nitrogens with zero attached hydrogens (tertiary/aromatic N) is 2. The molecule has 1 N–H and O–H groups in total. The first-order valence-corrected chi connectivity index (χ1v) is 9.92. The Hall–Kier alpha value is -3.88. The van der Waals surface area contributed by atoms with Crippen molar-refractivity contribution in [3.05, 3.63) is 65.7 Å². The molecule has 4 rings (SSSR count). The molecule has 1 saturated heterocycles. The van der Waals surface area contributed by atoms with E-state index in [1.807, 2.05) is 18.2 Å². The molecule has 8 nitrogen and oxygen atoms in total. The molecule has 3 aromatic rings. The molecule has 1 fully saturated rings. The van der Waals surface area contributed by atoms with E-state index in [-0.39, 0.29) is 18.1 Å². The van der Waals surface area contributed by atoms with E-state index < -0.39 is 35.7 Å². The van der Waals surface area contributed by atoms with Crippen LogP contribution in [0.4, 0.5) is 9.18 Å². The van der Waals surface area contributed by atoms with Crippen LogP contribution in [0.1, 0.15) is 18.2 Å². The van der Waals surface area contributed by atoms with Gasteiger partial charge in [0.15, 0.2) is 17.1 Å². The fourth-order valence-electron chi connectivity index (χ4n) is 3.66. The van der Waals surface area contributed by atoms with Crippen molar-refractivity contribution in [1.82, 2.24) is 15.1 Å². The highest BCUT2D eigenvalue weighted by Crippen LogP contribution is 2.33. The summed E-state index contributed by atoms with van der Waals surface area (Å²) in [7, 11) is 2.88. The van der Waals surface area contributed by atoms with Gasteiger partial charge in [-0.15, -0.1) is 0 Å². The lowest BCUT2D eigenvalue weighted by Crippen LogP contribution is -2.43. The highest BCUT2D eigenvalue weighted by Gasteiger charge is 2.51. The van der Waals surface area contributed by atoms with Crippen molar-refractivity contribution in [2.24, 2.45) is 0 Å². The molecule has 1 atom stereocenters. The first-order chi connectivity index (χ1) is 15.2. The van der Waals surface area contributed by atoms with Gasteiger partial charge in [0.2, 0.25) is 5.91 Å². The molecule has 0 aliphatic carbocycles.